The van der Waals surface area contributed by atoms with Crippen LogP contribution in [-0.4, -0.2) is 67.7 Å². The number of nitrogens with zero attached hydrogens (tertiary/aromatic N) is 2. The predicted octanol–water partition coefficient (Wildman–Crippen LogP) is 1.74. The lowest BCUT2D eigenvalue weighted by molar-refractivity contribution is -0.148. The lowest BCUT2D eigenvalue weighted by Gasteiger charge is -2.35. The number of piperidine rings is 1. The highest BCUT2D eigenvalue weighted by Gasteiger charge is 2.34. The average molecular weight is 387 g/mol. The quantitative estimate of drug-likeness (QED) is 0.856. The molecule has 9 heteroatoms. The monoisotopic (exact) mass is 387 g/mol. The summed E-state index contributed by atoms with van der Waals surface area (Å²) in [5.74, 6) is 0.220. The minimum absolute atomic E-state index is 0.0215. The van der Waals surface area contributed by atoms with Crippen molar-refractivity contribution in [2.45, 2.75) is 31.9 Å². The van der Waals surface area contributed by atoms with Crippen LogP contribution in [0.2, 0.25) is 0 Å². The van der Waals surface area contributed by atoms with Gasteiger partial charge in [0.05, 0.1) is 6.54 Å². The molecule has 1 amide bonds. The molecule has 150 valence electrons. The third-order valence-electron chi connectivity index (χ3n) is 5.14. The molecule has 1 aromatic heterocycles. The Balaban J connectivity index is 1.69. The molecule has 3 heterocycles. The number of hydrogen-bond acceptors (Lipinski definition) is 5. The topological polar surface area (TPSA) is 65.8 Å². The molecule has 2 aliphatic heterocycles. The summed E-state index contributed by atoms with van der Waals surface area (Å²) < 4.78 is 42.9. The molecule has 0 spiro atoms. The number of amides is 1. The lowest BCUT2D eigenvalue weighted by Crippen LogP contribution is -2.51. The van der Waals surface area contributed by atoms with Crippen molar-refractivity contribution in [1.82, 2.24) is 15.1 Å². The van der Waals surface area contributed by atoms with E-state index in [9.17, 15) is 22.8 Å². The third kappa shape index (κ3) is 4.90. The van der Waals surface area contributed by atoms with Crippen LogP contribution in [0.3, 0.4) is 0 Å². The highest BCUT2D eigenvalue weighted by Crippen LogP contribution is 2.24. The molecule has 3 rings (SSSR count). The molecule has 0 bridgehead atoms. The van der Waals surface area contributed by atoms with Gasteiger partial charge in [-0.15, -0.1) is 0 Å². The first-order valence-electron chi connectivity index (χ1n) is 9.18. The average Bonchev–Trinajstić information content (AvgIpc) is 2.61. The Kier molecular flexibility index (Phi) is 5.90. The van der Waals surface area contributed by atoms with Crippen LogP contribution in [-0.2, 0) is 0 Å². The van der Waals surface area contributed by atoms with Gasteiger partial charge in [-0.3, -0.25) is 9.69 Å². The summed E-state index contributed by atoms with van der Waals surface area (Å²) in [6.07, 6.45) is -2.34. The minimum Gasteiger partial charge on any atom is -0.427 e. The van der Waals surface area contributed by atoms with Gasteiger partial charge < -0.3 is 14.6 Å². The van der Waals surface area contributed by atoms with Gasteiger partial charge in [0.2, 0.25) is 0 Å². The molecule has 27 heavy (non-hydrogen) atoms. The Bertz CT molecular complexity index is 734. The van der Waals surface area contributed by atoms with Crippen LogP contribution in [0.25, 0.3) is 0 Å². The molecule has 2 aliphatic rings. The van der Waals surface area contributed by atoms with Gasteiger partial charge in [0, 0.05) is 38.6 Å². The van der Waals surface area contributed by atoms with Crippen LogP contribution in [0.1, 0.15) is 40.4 Å². The SMILES string of the molecule is Cc1cc(C2CCCNC2)oc(=O)c1C(=O)N1CCN(CC(F)(F)F)CC1. The molecule has 1 atom stereocenters. The van der Waals surface area contributed by atoms with Gasteiger partial charge in [0.25, 0.3) is 5.91 Å². The number of hydrogen-bond donors (Lipinski definition) is 1. The largest absolute Gasteiger partial charge is 0.427 e. The standard InChI is InChI=1S/C18H24F3N3O3/c1-12-9-14(13-3-2-4-22-10-13)27-17(26)15(12)16(25)24-7-5-23(6-8-24)11-18(19,20)21/h9,13,22H,2-8,10-11H2,1H3. The Morgan fingerprint density at radius 3 is 2.56 bits per heavy atom. The highest BCUT2D eigenvalue weighted by molar-refractivity contribution is 5.95. The first kappa shape index (κ1) is 19.9. The fourth-order valence-corrected chi connectivity index (χ4v) is 3.71. The van der Waals surface area contributed by atoms with Gasteiger partial charge in [-0.2, -0.15) is 13.2 Å². The van der Waals surface area contributed by atoms with Crippen molar-refractivity contribution < 1.29 is 22.4 Å². The first-order chi connectivity index (χ1) is 12.7. The molecular weight excluding hydrogens is 363 g/mol. The van der Waals surface area contributed by atoms with Crippen LogP contribution >= 0.6 is 0 Å². The van der Waals surface area contributed by atoms with Crippen molar-refractivity contribution in [2.24, 2.45) is 0 Å². The van der Waals surface area contributed by atoms with Crippen LogP contribution in [0.15, 0.2) is 15.3 Å². The summed E-state index contributed by atoms with van der Waals surface area (Å²) >= 11 is 0. The van der Waals surface area contributed by atoms with E-state index in [0.29, 0.717) is 11.3 Å². The number of carbonyl (C=O) groups excluding carboxylic acids is 1. The zero-order valence-electron chi connectivity index (χ0n) is 15.3. The van der Waals surface area contributed by atoms with Crippen molar-refractivity contribution in [3.8, 4) is 0 Å². The van der Waals surface area contributed by atoms with E-state index in [1.165, 1.54) is 9.80 Å². The summed E-state index contributed by atoms with van der Waals surface area (Å²) in [5, 5.41) is 3.26. The molecule has 1 aromatic rings. The number of rotatable bonds is 3. The molecule has 1 N–H and O–H groups in total. The zero-order chi connectivity index (χ0) is 19.6. The number of alkyl halides is 3. The van der Waals surface area contributed by atoms with E-state index in [2.05, 4.69) is 5.32 Å². The molecular formula is C18H24F3N3O3. The summed E-state index contributed by atoms with van der Waals surface area (Å²) in [5.41, 5.74) is -0.139. The summed E-state index contributed by atoms with van der Waals surface area (Å²) in [6.45, 7) is 2.95. The van der Waals surface area contributed by atoms with E-state index in [-0.39, 0.29) is 37.7 Å². The van der Waals surface area contributed by atoms with Crippen molar-refractivity contribution in [3.05, 3.63) is 33.4 Å². The van der Waals surface area contributed by atoms with E-state index < -0.39 is 24.3 Å². The summed E-state index contributed by atoms with van der Waals surface area (Å²) in [7, 11) is 0. The number of nitrogens with one attached hydrogen (secondary N) is 1. The fourth-order valence-electron chi connectivity index (χ4n) is 3.71. The van der Waals surface area contributed by atoms with Crippen LogP contribution in [0.4, 0.5) is 13.2 Å². The van der Waals surface area contributed by atoms with Gasteiger partial charge in [0.15, 0.2) is 0 Å². The number of halogens is 3. The molecule has 2 saturated heterocycles. The second kappa shape index (κ2) is 8.02. The molecule has 2 fully saturated rings. The maximum atomic E-state index is 12.7. The maximum Gasteiger partial charge on any atom is 0.401 e. The summed E-state index contributed by atoms with van der Waals surface area (Å²) in [6, 6.07) is 1.74. The smallest absolute Gasteiger partial charge is 0.401 e. The second-order valence-electron chi connectivity index (χ2n) is 7.22. The lowest BCUT2D eigenvalue weighted by atomic mass is 9.95. The van der Waals surface area contributed by atoms with Gasteiger partial charge in [0.1, 0.15) is 11.3 Å². The Hall–Kier alpha value is -1.87. The fraction of sp³-hybridized carbons (Fsp3) is 0.667. The van der Waals surface area contributed by atoms with Crippen molar-refractivity contribution in [1.29, 1.82) is 0 Å². The van der Waals surface area contributed by atoms with Gasteiger partial charge in [-0.25, -0.2) is 4.79 Å². The molecule has 0 saturated carbocycles. The van der Waals surface area contributed by atoms with Crippen LogP contribution < -0.4 is 10.9 Å². The van der Waals surface area contributed by atoms with E-state index in [1.54, 1.807) is 13.0 Å². The molecule has 0 aromatic carbocycles. The van der Waals surface area contributed by atoms with E-state index >= 15 is 0 Å². The first-order valence-corrected chi connectivity index (χ1v) is 9.18. The number of piperazine rings is 1. The second-order valence-corrected chi connectivity index (χ2v) is 7.22. The van der Waals surface area contributed by atoms with Crippen LogP contribution in [0.5, 0.6) is 0 Å². The number of carbonyl (C=O) groups is 1. The molecule has 6 nitrogen and oxygen atoms in total. The van der Waals surface area contributed by atoms with E-state index in [4.69, 9.17) is 4.42 Å². The van der Waals surface area contributed by atoms with Crippen molar-refractivity contribution in [2.75, 3.05) is 45.8 Å². The van der Waals surface area contributed by atoms with E-state index in [1.807, 2.05) is 0 Å². The van der Waals surface area contributed by atoms with Gasteiger partial charge >= 0.3 is 11.8 Å². The zero-order valence-corrected chi connectivity index (χ0v) is 15.3. The van der Waals surface area contributed by atoms with Gasteiger partial charge in [-0.1, -0.05) is 0 Å². The highest BCUT2D eigenvalue weighted by atomic mass is 19.4. The normalized spacial score (nSPS) is 22.1. The number of aryl methyl sites for hydroxylation is 1. The van der Waals surface area contributed by atoms with Crippen molar-refractivity contribution >= 4 is 5.91 Å². The predicted molar refractivity (Wildman–Crippen MR) is 93.0 cm³/mol. The Morgan fingerprint density at radius 1 is 1.30 bits per heavy atom. The molecule has 0 radical (unpaired) electrons. The molecule has 0 aliphatic carbocycles. The Morgan fingerprint density at radius 2 is 2.00 bits per heavy atom. The molecule has 1 unspecified atom stereocenters. The Labute approximate surface area is 155 Å². The van der Waals surface area contributed by atoms with Crippen LogP contribution in [0, 0.1) is 6.92 Å². The third-order valence-corrected chi connectivity index (χ3v) is 5.14. The maximum absolute atomic E-state index is 12.7. The van der Waals surface area contributed by atoms with E-state index in [0.717, 1.165) is 25.9 Å². The van der Waals surface area contributed by atoms with Gasteiger partial charge in [-0.05, 0) is 37.9 Å². The van der Waals surface area contributed by atoms with Crippen molar-refractivity contribution in [3.63, 3.8) is 0 Å². The summed E-state index contributed by atoms with van der Waals surface area (Å²) in [4.78, 5) is 27.9. The minimum atomic E-state index is -4.26.